The second-order valence-electron chi connectivity index (χ2n) is 4.85. The van der Waals surface area contributed by atoms with E-state index < -0.39 is 0 Å². The largest absolute Gasteiger partial charge is 0.392 e. The number of aromatic nitrogens is 1. The van der Waals surface area contributed by atoms with Gasteiger partial charge in [0.05, 0.1) is 25.9 Å². The maximum Gasteiger partial charge on any atom is 0.129 e. The molecule has 0 aromatic carbocycles. The molecule has 1 aromatic heterocycles. The number of hydrogen-bond acceptors (Lipinski definition) is 4. The fourth-order valence-electron chi connectivity index (χ4n) is 2.32. The van der Waals surface area contributed by atoms with E-state index in [2.05, 4.69) is 18.7 Å². The van der Waals surface area contributed by atoms with E-state index in [1.165, 1.54) is 0 Å². The van der Waals surface area contributed by atoms with Crippen molar-refractivity contribution < 1.29 is 9.84 Å². The van der Waals surface area contributed by atoms with Crippen molar-refractivity contribution in [3.63, 3.8) is 0 Å². The molecule has 1 saturated heterocycles. The number of aryl methyl sites for hydroxylation is 1. The van der Waals surface area contributed by atoms with Crippen molar-refractivity contribution >= 4 is 5.82 Å². The molecule has 4 heteroatoms. The molecule has 18 heavy (non-hydrogen) atoms. The Morgan fingerprint density at radius 1 is 1.50 bits per heavy atom. The minimum absolute atomic E-state index is 0.0744. The first kappa shape index (κ1) is 13.3. The summed E-state index contributed by atoms with van der Waals surface area (Å²) < 4.78 is 5.45. The van der Waals surface area contributed by atoms with Crippen LogP contribution in [-0.2, 0) is 17.8 Å². The van der Waals surface area contributed by atoms with Gasteiger partial charge < -0.3 is 14.7 Å². The molecule has 0 aliphatic carbocycles. The van der Waals surface area contributed by atoms with Gasteiger partial charge in [-0.25, -0.2) is 4.98 Å². The highest BCUT2D eigenvalue weighted by molar-refractivity contribution is 5.44. The zero-order valence-electron chi connectivity index (χ0n) is 11.2. The lowest BCUT2D eigenvalue weighted by Gasteiger charge is -2.34. The van der Waals surface area contributed by atoms with Gasteiger partial charge in [-0.3, -0.25) is 0 Å². The molecule has 1 aliphatic rings. The van der Waals surface area contributed by atoms with Crippen LogP contribution in [0.1, 0.15) is 31.5 Å². The summed E-state index contributed by atoms with van der Waals surface area (Å²) in [5.41, 5.74) is 2.01. The van der Waals surface area contributed by atoms with Gasteiger partial charge in [0.2, 0.25) is 0 Å². The fraction of sp³-hybridized carbons (Fsp3) is 0.643. The van der Waals surface area contributed by atoms with Crippen LogP contribution < -0.4 is 4.90 Å². The Labute approximate surface area is 109 Å². The minimum atomic E-state index is 0.0744. The quantitative estimate of drug-likeness (QED) is 0.884. The van der Waals surface area contributed by atoms with Crippen LogP contribution in [0.5, 0.6) is 0 Å². The Kier molecular flexibility index (Phi) is 4.55. The second-order valence-corrected chi connectivity index (χ2v) is 4.85. The van der Waals surface area contributed by atoms with Gasteiger partial charge in [-0.15, -0.1) is 0 Å². The monoisotopic (exact) mass is 250 g/mol. The van der Waals surface area contributed by atoms with Crippen molar-refractivity contribution in [2.24, 2.45) is 0 Å². The van der Waals surface area contributed by atoms with Crippen LogP contribution in [0.15, 0.2) is 12.1 Å². The number of ether oxygens (including phenoxy) is 1. The molecule has 0 amide bonds. The number of rotatable bonds is 4. The van der Waals surface area contributed by atoms with Gasteiger partial charge in [-0.05, 0) is 31.0 Å². The molecule has 2 rings (SSSR count). The summed E-state index contributed by atoms with van der Waals surface area (Å²) >= 11 is 0. The number of nitrogens with zero attached hydrogens (tertiary/aromatic N) is 2. The number of anilines is 1. The summed E-state index contributed by atoms with van der Waals surface area (Å²) in [5.74, 6) is 0.973. The molecule has 100 valence electrons. The standard InChI is InChI=1S/C14H22N2O2/c1-3-4-13-7-12(9-17)8-14(15-13)16-5-6-18-10-11(16)2/h7-8,11,17H,3-6,9-10H2,1-2H3. The first-order chi connectivity index (χ1) is 8.74. The molecule has 0 bridgehead atoms. The summed E-state index contributed by atoms with van der Waals surface area (Å²) in [5, 5.41) is 9.35. The van der Waals surface area contributed by atoms with Crippen LogP contribution in [-0.4, -0.2) is 35.9 Å². The van der Waals surface area contributed by atoms with E-state index >= 15 is 0 Å². The normalized spacial score (nSPS) is 20.2. The van der Waals surface area contributed by atoms with Crippen LogP contribution in [0.3, 0.4) is 0 Å². The number of morpholine rings is 1. The zero-order valence-corrected chi connectivity index (χ0v) is 11.2. The van der Waals surface area contributed by atoms with E-state index in [1.54, 1.807) is 0 Å². The smallest absolute Gasteiger partial charge is 0.129 e. The molecule has 1 unspecified atom stereocenters. The molecular formula is C14H22N2O2. The van der Waals surface area contributed by atoms with Crippen LogP contribution in [0, 0.1) is 0 Å². The second kappa shape index (κ2) is 6.16. The molecule has 1 aromatic rings. The lowest BCUT2D eigenvalue weighted by atomic mass is 10.1. The number of hydrogen-bond donors (Lipinski definition) is 1. The topological polar surface area (TPSA) is 45.6 Å². The average Bonchev–Trinajstić information content (AvgIpc) is 2.39. The molecule has 1 atom stereocenters. The lowest BCUT2D eigenvalue weighted by Crippen LogP contribution is -2.44. The van der Waals surface area contributed by atoms with E-state index in [1.807, 2.05) is 12.1 Å². The summed E-state index contributed by atoms with van der Waals surface area (Å²) in [4.78, 5) is 6.97. The van der Waals surface area contributed by atoms with Gasteiger partial charge in [-0.1, -0.05) is 13.3 Å². The Balaban J connectivity index is 2.27. The predicted molar refractivity (Wildman–Crippen MR) is 71.8 cm³/mol. The van der Waals surface area contributed by atoms with Gasteiger partial charge in [0.25, 0.3) is 0 Å². The number of aliphatic hydroxyl groups is 1. The maximum atomic E-state index is 9.35. The van der Waals surface area contributed by atoms with Gasteiger partial charge in [0, 0.05) is 12.2 Å². The third kappa shape index (κ3) is 3.00. The van der Waals surface area contributed by atoms with Crippen LogP contribution in [0.2, 0.25) is 0 Å². The molecule has 1 aliphatic heterocycles. The molecule has 0 saturated carbocycles. The van der Waals surface area contributed by atoms with E-state index in [4.69, 9.17) is 9.72 Å². The van der Waals surface area contributed by atoms with Crippen molar-refractivity contribution in [1.29, 1.82) is 0 Å². The Bertz CT molecular complexity index is 395. The molecule has 0 radical (unpaired) electrons. The van der Waals surface area contributed by atoms with Gasteiger partial charge in [-0.2, -0.15) is 0 Å². The molecule has 1 N–H and O–H groups in total. The third-order valence-electron chi connectivity index (χ3n) is 3.28. The highest BCUT2D eigenvalue weighted by Crippen LogP contribution is 2.20. The highest BCUT2D eigenvalue weighted by atomic mass is 16.5. The van der Waals surface area contributed by atoms with E-state index in [-0.39, 0.29) is 6.61 Å². The van der Waals surface area contributed by atoms with Gasteiger partial charge >= 0.3 is 0 Å². The summed E-state index contributed by atoms with van der Waals surface area (Å²) in [6.07, 6.45) is 2.03. The SMILES string of the molecule is CCCc1cc(CO)cc(N2CCOCC2C)n1. The minimum Gasteiger partial charge on any atom is -0.392 e. The van der Waals surface area contributed by atoms with E-state index in [0.717, 1.165) is 49.7 Å². The first-order valence-electron chi connectivity index (χ1n) is 6.69. The van der Waals surface area contributed by atoms with Crippen molar-refractivity contribution in [3.05, 3.63) is 23.4 Å². The Morgan fingerprint density at radius 2 is 2.33 bits per heavy atom. The van der Waals surface area contributed by atoms with Crippen LogP contribution in [0.25, 0.3) is 0 Å². The predicted octanol–water partition coefficient (Wildman–Crippen LogP) is 1.75. The summed E-state index contributed by atoms with van der Waals surface area (Å²) in [6, 6.07) is 4.33. The Hall–Kier alpha value is -1.13. The van der Waals surface area contributed by atoms with Crippen LogP contribution >= 0.6 is 0 Å². The molecule has 0 spiro atoms. The average molecular weight is 250 g/mol. The van der Waals surface area contributed by atoms with Crippen molar-refractivity contribution in [1.82, 2.24) is 4.98 Å². The highest BCUT2D eigenvalue weighted by Gasteiger charge is 2.20. The van der Waals surface area contributed by atoms with Gasteiger partial charge in [0.1, 0.15) is 5.82 Å². The molecule has 1 fully saturated rings. The number of aliphatic hydroxyl groups excluding tert-OH is 1. The van der Waals surface area contributed by atoms with Crippen molar-refractivity contribution in [3.8, 4) is 0 Å². The summed E-state index contributed by atoms with van der Waals surface area (Å²) in [6.45, 7) is 6.72. The molecular weight excluding hydrogens is 228 g/mol. The Morgan fingerprint density at radius 3 is 3.00 bits per heavy atom. The molecule has 2 heterocycles. The lowest BCUT2D eigenvalue weighted by molar-refractivity contribution is 0.0985. The number of pyridine rings is 1. The fourth-order valence-corrected chi connectivity index (χ4v) is 2.32. The summed E-state index contributed by atoms with van der Waals surface area (Å²) in [7, 11) is 0. The van der Waals surface area contributed by atoms with Crippen molar-refractivity contribution in [2.45, 2.75) is 39.3 Å². The van der Waals surface area contributed by atoms with Crippen molar-refractivity contribution in [2.75, 3.05) is 24.7 Å². The molecule has 4 nitrogen and oxygen atoms in total. The van der Waals surface area contributed by atoms with Gasteiger partial charge in [0.15, 0.2) is 0 Å². The maximum absolute atomic E-state index is 9.35. The van der Waals surface area contributed by atoms with E-state index in [9.17, 15) is 5.11 Å². The third-order valence-corrected chi connectivity index (χ3v) is 3.28. The zero-order chi connectivity index (χ0) is 13.0. The van der Waals surface area contributed by atoms with Crippen LogP contribution in [0.4, 0.5) is 5.82 Å². The van der Waals surface area contributed by atoms with E-state index in [0.29, 0.717) is 6.04 Å². The first-order valence-corrected chi connectivity index (χ1v) is 6.69.